The molecule has 200 valence electrons. The highest BCUT2D eigenvalue weighted by atomic mass is 16.2. The Morgan fingerprint density at radius 1 is 0.553 bits per heavy atom. The predicted octanol–water partition coefficient (Wildman–Crippen LogP) is 1.41. The second-order valence-electron chi connectivity index (χ2n) is 11.6. The maximum Gasteiger partial charge on any atom is 0.332 e. The van der Waals surface area contributed by atoms with Crippen LogP contribution in [0.1, 0.15) is 51.4 Å². The van der Waals surface area contributed by atoms with Crippen molar-refractivity contribution in [1.29, 1.82) is 0 Å². The number of hydrogen-bond acceptors (Lipinski definition) is 6. The predicted molar refractivity (Wildman–Crippen MR) is 140 cm³/mol. The zero-order chi connectivity index (χ0) is 26.0. The van der Waals surface area contributed by atoms with Crippen LogP contribution in [0.3, 0.4) is 0 Å². The van der Waals surface area contributed by atoms with Gasteiger partial charge in [0.25, 0.3) is 11.1 Å². The highest BCUT2D eigenvalue weighted by Gasteiger charge is 2.29. The monoisotopic (exact) mass is 520 g/mol. The van der Waals surface area contributed by atoms with E-state index in [-0.39, 0.29) is 22.5 Å². The molecule has 0 bridgehead atoms. The van der Waals surface area contributed by atoms with Crippen molar-refractivity contribution in [2.45, 2.75) is 77.5 Å². The SMILES string of the molecule is O=c1c2[nH]cnc2n(CC2CC2)c(=O)n1CC1CC1.O=c1c2[nH]cnc2n(CC2CC2)c(=O)n1CC1CC1. The first-order valence-corrected chi connectivity index (χ1v) is 13.8. The Hall–Kier alpha value is -3.70. The fourth-order valence-electron chi connectivity index (χ4n) is 5.10. The van der Waals surface area contributed by atoms with Crippen LogP contribution in [0, 0.1) is 23.7 Å². The number of hydrogen-bond donors (Lipinski definition) is 2. The fourth-order valence-corrected chi connectivity index (χ4v) is 5.10. The molecule has 4 heterocycles. The van der Waals surface area contributed by atoms with E-state index in [1.54, 1.807) is 9.13 Å². The molecule has 0 aromatic carbocycles. The van der Waals surface area contributed by atoms with Gasteiger partial charge >= 0.3 is 11.4 Å². The molecule has 0 radical (unpaired) electrons. The third kappa shape index (κ3) is 4.45. The van der Waals surface area contributed by atoms with E-state index < -0.39 is 0 Å². The van der Waals surface area contributed by atoms with E-state index in [1.165, 1.54) is 47.5 Å². The highest BCUT2D eigenvalue weighted by molar-refractivity contribution is 5.69. The molecule has 4 fully saturated rings. The molecule has 38 heavy (non-hydrogen) atoms. The van der Waals surface area contributed by atoms with Crippen molar-refractivity contribution in [2.75, 3.05) is 0 Å². The maximum absolute atomic E-state index is 12.5. The third-order valence-corrected chi connectivity index (χ3v) is 8.14. The Kier molecular flexibility index (Phi) is 5.52. The molecule has 4 aromatic rings. The summed E-state index contributed by atoms with van der Waals surface area (Å²) >= 11 is 0. The molecule has 0 unspecified atom stereocenters. The van der Waals surface area contributed by atoms with Gasteiger partial charge in [0.15, 0.2) is 11.3 Å². The third-order valence-electron chi connectivity index (χ3n) is 8.14. The lowest BCUT2D eigenvalue weighted by Crippen LogP contribution is -2.41. The quantitative estimate of drug-likeness (QED) is 0.359. The molecule has 4 aromatic heterocycles. The molecule has 4 aliphatic rings. The summed E-state index contributed by atoms with van der Waals surface area (Å²) in [5.41, 5.74) is 1.10. The average Bonchev–Trinajstić information content (AvgIpc) is 3.69. The molecule has 0 amide bonds. The molecular formula is C26H32N8O4. The van der Waals surface area contributed by atoms with Crippen LogP contribution in [0.5, 0.6) is 0 Å². The van der Waals surface area contributed by atoms with Gasteiger partial charge in [0, 0.05) is 26.2 Å². The average molecular weight is 521 g/mol. The maximum atomic E-state index is 12.5. The molecule has 0 spiro atoms. The van der Waals surface area contributed by atoms with Gasteiger partial charge in [-0.2, -0.15) is 0 Å². The van der Waals surface area contributed by atoms with Crippen LogP contribution < -0.4 is 22.5 Å². The van der Waals surface area contributed by atoms with Crippen LogP contribution in [0.25, 0.3) is 22.3 Å². The van der Waals surface area contributed by atoms with E-state index in [0.717, 1.165) is 25.7 Å². The molecule has 4 aliphatic carbocycles. The minimum atomic E-state index is -0.226. The molecule has 4 saturated carbocycles. The normalized spacial score (nSPS) is 19.2. The summed E-state index contributed by atoms with van der Waals surface area (Å²) in [7, 11) is 0. The van der Waals surface area contributed by atoms with Crippen LogP contribution in [0.15, 0.2) is 31.8 Å². The lowest BCUT2D eigenvalue weighted by molar-refractivity contribution is 0.520. The number of nitrogens with one attached hydrogen (secondary N) is 2. The zero-order valence-corrected chi connectivity index (χ0v) is 21.3. The minimum absolute atomic E-state index is 0.191. The number of nitrogens with zero attached hydrogens (tertiary/aromatic N) is 6. The second-order valence-corrected chi connectivity index (χ2v) is 11.6. The fraction of sp³-hybridized carbons (Fsp3) is 0.615. The van der Waals surface area contributed by atoms with Crippen molar-refractivity contribution in [3.63, 3.8) is 0 Å². The van der Waals surface area contributed by atoms with Gasteiger partial charge in [-0.1, -0.05) is 0 Å². The van der Waals surface area contributed by atoms with Gasteiger partial charge in [0.1, 0.15) is 11.0 Å². The van der Waals surface area contributed by atoms with E-state index in [9.17, 15) is 19.2 Å². The molecular weight excluding hydrogens is 488 g/mol. The van der Waals surface area contributed by atoms with Crippen LogP contribution in [-0.4, -0.2) is 38.2 Å². The summed E-state index contributed by atoms with van der Waals surface area (Å²) in [6.07, 6.45) is 12.1. The van der Waals surface area contributed by atoms with E-state index in [4.69, 9.17) is 0 Å². The van der Waals surface area contributed by atoms with Gasteiger partial charge in [-0.15, -0.1) is 0 Å². The summed E-state index contributed by atoms with van der Waals surface area (Å²) < 4.78 is 6.13. The largest absolute Gasteiger partial charge is 0.339 e. The summed E-state index contributed by atoms with van der Waals surface area (Å²) in [4.78, 5) is 63.7. The minimum Gasteiger partial charge on any atom is -0.339 e. The number of rotatable bonds is 8. The Bertz CT molecular complexity index is 1620. The molecule has 12 nitrogen and oxygen atoms in total. The second kappa shape index (κ2) is 8.95. The van der Waals surface area contributed by atoms with E-state index in [2.05, 4.69) is 19.9 Å². The Morgan fingerprint density at radius 2 is 0.868 bits per heavy atom. The number of imidazole rings is 2. The lowest BCUT2D eigenvalue weighted by Gasteiger charge is -2.10. The number of H-pyrrole nitrogens is 2. The summed E-state index contributed by atoms with van der Waals surface area (Å²) in [6.45, 7) is 2.48. The lowest BCUT2D eigenvalue weighted by atomic mass is 10.3. The van der Waals surface area contributed by atoms with Crippen LogP contribution in [-0.2, 0) is 26.2 Å². The first-order valence-electron chi connectivity index (χ1n) is 13.8. The number of fused-ring (bicyclic) bond motifs is 2. The van der Waals surface area contributed by atoms with Gasteiger partial charge in [0.2, 0.25) is 0 Å². The van der Waals surface area contributed by atoms with Gasteiger partial charge in [-0.3, -0.25) is 27.9 Å². The van der Waals surface area contributed by atoms with Crippen LogP contribution >= 0.6 is 0 Å². The summed E-state index contributed by atoms with van der Waals surface area (Å²) in [5, 5.41) is 0. The standard InChI is InChI=1S/2C13H16N4O2/c2*18-12-10-11(15-7-14-10)16(5-8-1-2-8)13(19)17(12)6-9-3-4-9/h2*7-9H,1-6H2,(H,14,15). The molecule has 2 N–H and O–H groups in total. The zero-order valence-electron chi connectivity index (χ0n) is 21.3. The van der Waals surface area contributed by atoms with Gasteiger partial charge in [-0.25, -0.2) is 19.6 Å². The van der Waals surface area contributed by atoms with Crippen molar-refractivity contribution < 1.29 is 0 Å². The Morgan fingerprint density at radius 3 is 1.18 bits per heavy atom. The van der Waals surface area contributed by atoms with Crippen molar-refractivity contribution in [2.24, 2.45) is 23.7 Å². The van der Waals surface area contributed by atoms with Gasteiger partial charge < -0.3 is 9.97 Å². The summed E-state index contributed by atoms with van der Waals surface area (Å²) in [6, 6.07) is 0. The molecule has 0 atom stereocenters. The smallest absolute Gasteiger partial charge is 0.332 e. The van der Waals surface area contributed by atoms with Gasteiger partial charge in [0.05, 0.1) is 12.7 Å². The first-order chi connectivity index (χ1) is 18.5. The van der Waals surface area contributed by atoms with E-state index >= 15 is 0 Å². The Balaban J connectivity index is 0.000000127. The van der Waals surface area contributed by atoms with E-state index in [1.807, 2.05) is 0 Å². The molecule has 0 aliphatic heterocycles. The van der Waals surface area contributed by atoms with Crippen molar-refractivity contribution >= 4 is 22.3 Å². The topological polar surface area (TPSA) is 145 Å². The number of aromatic nitrogens is 8. The van der Waals surface area contributed by atoms with Crippen molar-refractivity contribution in [3.05, 3.63) is 54.3 Å². The highest BCUT2D eigenvalue weighted by Crippen LogP contribution is 2.32. The van der Waals surface area contributed by atoms with Crippen molar-refractivity contribution in [1.82, 2.24) is 38.2 Å². The van der Waals surface area contributed by atoms with Crippen LogP contribution in [0.4, 0.5) is 0 Å². The Labute approximate surface area is 216 Å². The number of aromatic amines is 2. The molecule has 0 saturated heterocycles. The molecule has 8 rings (SSSR count). The molecule has 12 heteroatoms. The van der Waals surface area contributed by atoms with E-state index in [0.29, 0.717) is 72.2 Å². The van der Waals surface area contributed by atoms with Crippen molar-refractivity contribution in [3.8, 4) is 0 Å². The first kappa shape index (κ1) is 23.4. The van der Waals surface area contributed by atoms with Gasteiger partial charge in [-0.05, 0) is 75.0 Å². The summed E-state index contributed by atoms with van der Waals surface area (Å²) in [5.74, 6) is 2.15. The van der Waals surface area contributed by atoms with Crippen LogP contribution in [0.2, 0.25) is 0 Å².